The summed E-state index contributed by atoms with van der Waals surface area (Å²) in [6.07, 6.45) is 1.25. The maximum absolute atomic E-state index is 12.9. The highest BCUT2D eigenvalue weighted by atomic mass is 16.2. The Bertz CT molecular complexity index is 1470. The maximum Gasteiger partial charge on any atom is 0.329 e. The molecule has 1 amide bonds. The molecule has 0 fully saturated rings. The molecule has 0 aliphatic carbocycles. The fourth-order valence-electron chi connectivity index (χ4n) is 3.26. The van der Waals surface area contributed by atoms with Crippen LogP contribution in [0.4, 0.5) is 5.69 Å². The van der Waals surface area contributed by atoms with E-state index in [1.54, 1.807) is 30.8 Å². The Morgan fingerprint density at radius 2 is 1.80 bits per heavy atom. The summed E-state index contributed by atoms with van der Waals surface area (Å²) in [6, 6.07) is 10.4. The molecule has 3 heterocycles. The van der Waals surface area contributed by atoms with E-state index >= 15 is 0 Å². The lowest BCUT2D eigenvalue weighted by Gasteiger charge is -2.07. The Morgan fingerprint density at radius 1 is 1.10 bits per heavy atom. The first-order valence-electron chi connectivity index (χ1n) is 9.04. The van der Waals surface area contributed by atoms with Crippen LogP contribution >= 0.6 is 0 Å². The Hall–Kier alpha value is -4.21. The zero-order valence-corrected chi connectivity index (χ0v) is 16.5. The number of carbonyl (C=O) groups is 1. The first-order chi connectivity index (χ1) is 14.3. The average molecular weight is 406 g/mol. The smallest absolute Gasteiger partial charge is 0.316 e. The van der Waals surface area contributed by atoms with Gasteiger partial charge >= 0.3 is 5.69 Å². The number of hydrogen-bond acceptors (Lipinski definition) is 5. The standard InChI is InChI=1S/C20H18N6O4/c1-11-15(19(29)26(25(11)3)13-7-5-4-6-8-13)22-17(27)12-9-14-16(21-10-12)24(2)20(30)23-18(14)28/h4-10H,1-3H3,(H,22,27)(H,23,28,30). The zero-order chi connectivity index (χ0) is 21.6. The lowest BCUT2D eigenvalue weighted by molar-refractivity contribution is 0.102. The van der Waals surface area contributed by atoms with E-state index in [9.17, 15) is 19.2 Å². The molecule has 0 radical (unpaired) electrons. The number of benzene rings is 1. The quantitative estimate of drug-likeness (QED) is 0.518. The van der Waals surface area contributed by atoms with Gasteiger partial charge in [-0.25, -0.2) is 14.5 Å². The molecule has 2 N–H and O–H groups in total. The number of rotatable bonds is 3. The van der Waals surface area contributed by atoms with Crippen molar-refractivity contribution in [1.82, 2.24) is 23.9 Å². The van der Waals surface area contributed by atoms with Gasteiger partial charge in [0, 0.05) is 20.3 Å². The number of aryl methyl sites for hydroxylation is 1. The number of carbonyl (C=O) groups excluding carboxylic acids is 1. The number of para-hydroxylation sites is 1. The SMILES string of the molecule is Cc1c(NC(=O)c2cnc3c(c2)c(=O)[nH]c(=O)n3C)c(=O)n(-c2ccccc2)n1C. The van der Waals surface area contributed by atoms with Crippen molar-refractivity contribution in [2.45, 2.75) is 6.92 Å². The van der Waals surface area contributed by atoms with Crippen molar-refractivity contribution in [2.24, 2.45) is 14.1 Å². The molecule has 0 spiro atoms. The number of H-pyrrole nitrogens is 1. The van der Waals surface area contributed by atoms with Crippen LogP contribution in [0, 0.1) is 6.92 Å². The van der Waals surface area contributed by atoms with Crippen molar-refractivity contribution < 1.29 is 4.79 Å². The van der Waals surface area contributed by atoms with Gasteiger partial charge in [0.1, 0.15) is 11.3 Å². The minimum atomic E-state index is -0.641. The molecule has 0 bridgehead atoms. The van der Waals surface area contributed by atoms with Crippen molar-refractivity contribution in [2.75, 3.05) is 5.32 Å². The number of nitrogens with zero attached hydrogens (tertiary/aromatic N) is 4. The maximum atomic E-state index is 12.9. The number of amides is 1. The monoisotopic (exact) mass is 406 g/mol. The van der Waals surface area contributed by atoms with Gasteiger partial charge in [0.15, 0.2) is 0 Å². The predicted molar refractivity (Wildman–Crippen MR) is 111 cm³/mol. The van der Waals surface area contributed by atoms with E-state index in [1.807, 2.05) is 18.2 Å². The van der Waals surface area contributed by atoms with Crippen LogP contribution in [0.25, 0.3) is 16.7 Å². The predicted octanol–water partition coefficient (Wildman–Crippen LogP) is 0.672. The Labute approximate surface area is 169 Å². The third-order valence-electron chi connectivity index (χ3n) is 5.01. The highest BCUT2D eigenvalue weighted by Gasteiger charge is 2.19. The number of hydrogen-bond donors (Lipinski definition) is 2. The third-order valence-corrected chi connectivity index (χ3v) is 5.01. The van der Waals surface area contributed by atoms with Crippen LogP contribution in [0.15, 0.2) is 57.0 Å². The lowest BCUT2D eigenvalue weighted by Crippen LogP contribution is -2.29. The number of fused-ring (bicyclic) bond motifs is 1. The molecule has 152 valence electrons. The molecule has 0 atom stereocenters. The normalized spacial score (nSPS) is 11.0. The summed E-state index contributed by atoms with van der Waals surface area (Å²) in [6.45, 7) is 1.72. The number of aromatic nitrogens is 5. The summed E-state index contributed by atoms with van der Waals surface area (Å²) >= 11 is 0. The molecular formula is C20H18N6O4. The molecule has 30 heavy (non-hydrogen) atoms. The molecule has 0 unspecified atom stereocenters. The molecule has 10 heteroatoms. The fourth-order valence-corrected chi connectivity index (χ4v) is 3.26. The van der Waals surface area contributed by atoms with Crippen LogP contribution in [0.2, 0.25) is 0 Å². The highest BCUT2D eigenvalue weighted by Crippen LogP contribution is 2.15. The van der Waals surface area contributed by atoms with Gasteiger partial charge in [-0.1, -0.05) is 18.2 Å². The summed E-state index contributed by atoms with van der Waals surface area (Å²) in [5.74, 6) is -0.594. The first-order valence-corrected chi connectivity index (χ1v) is 9.04. The zero-order valence-electron chi connectivity index (χ0n) is 16.5. The molecule has 4 rings (SSSR count). The van der Waals surface area contributed by atoms with Crippen LogP contribution in [-0.2, 0) is 14.1 Å². The summed E-state index contributed by atoms with van der Waals surface area (Å²) in [5, 5.41) is 2.72. The van der Waals surface area contributed by atoms with Gasteiger partial charge in [-0.05, 0) is 25.1 Å². The highest BCUT2D eigenvalue weighted by molar-refractivity contribution is 6.05. The van der Waals surface area contributed by atoms with Crippen LogP contribution in [0.5, 0.6) is 0 Å². The molecule has 0 saturated carbocycles. The topological polar surface area (TPSA) is 124 Å². The molecule has 1 aromatic carbocycles. The van der Waals surface area contributed by atoms with E-state index in [1.165, 1.54) is 28.6 Å². The van der Waals surface area contributed by atoms with Gasteiger partial charge in [-0.3, -0.25) is 28.6 Å². The lowest BCUT2D eigenvalue weighted by atomic mass is 10.2. The molecule has 0 aliphatic rings. The molecule has 10 nitrogen and oxygen atoms in total. The Balaban J connectivity index is 1.76. The van der Waals surface area contributed by atoms with E-state index in [4.69, 9.17) is 0 Å². The molecule has 0 saturated heterocycles. The Kier molecular flexibility index (Phi) is 4.46. The number of nitrogens with one attached hydrogen (secondary N) is 2. The Morgan fingerprint density at radius 3 is 2.50 bits per heavy atom. The van der Waals surface area contributed by atoms with Crippen molar-refractivity contribution in [3.63, 3.8) is 0 Å². The van der Waals surface area contributed by atoms with E-state index in [2.05, 4.69) is 15.3 Å². The number of aromatic amines is 1. The van der Waals surface area contributed by atoms with E-state index in [0.717, 1.165) is 0 Å². The summed E-state index contributed by atoms with van der Waals surface area (Å²) in [7, 11) is 3.18. The average Bonchev–Trinajstić information content (AvgIpc) is 2.95. The van der Waals surface area contributed by atoms with Gasteiger partial charge in [-0.2, -0.15) is 0 Å². The summed E-state index contributed by atoms with van der Waals surface area (Å²) in [4.78, 5) is 55.8. The second kappa shape index (κ2) is 6.99. The van der Waals surface area contributed by atoms with Gasteiger partial charge in [0.05, 0.1) is 22.3 Å². The van der Waals surface area contributed by atoms with E-state index < -0.39 is 17.2 Å². The first kappa shape index (κ1) is 19.1. The molecule has 0 aliphatic heterocycles. The number of anilines is 1. The second-order valence-electron chi connectivity index (χ2n) is 6.80. The minimum absolute atomic E-state index is 0.0839. The fraction of sp³-hybridized carbons (Fsp3) is 0.150. The van der Waals surface area contributed by atoms with Crippen LogP contribution in [0.1, 0.15) is 16.1 Å². The van der Waals surface area contributed by atoms with Crippen molar-refractivity contribution in [3.05, 3.63) is 85.0 Å². The molecule has 3 aromatic heterocycles. The number of pyridine rings is 1. The van der Waals surface area contributed by atoms with Crippen molar-refractivity contribution >= 4 is 22.6 Å². The van der Waals surface area contributed by atoms with Gasteiger partial charge < -0.3 is 5.32 Å². The second-order valence-corrected chi connectivity index (χ2v) is 6.80. The molecule has 4 aromatic rings. The minimum Gasteiger partial charge on any atom is -0.316 e. The molecular weight excluding hydrogens is 388 g/mol. The largest absolute Gasteiger partial charge is 0.329 e. The van der Waals surface area contributed by atoms with Crippen LogP contribution in [-0.4, -0.2) is 29.8 Å². The van der Waals surface area contributed by atoms with E-state index in [0.29, 0.717) is 11.4 Å². The van der Waals surface area contributed by atoms with Gasteiger partial charge in [0.25, 0.3) is 17.0 Å². The van der Waals surface area contributed by atoms with E-state index in [-0.39, 0.29) is 27.8 Å². The third kappa shape index (κ3) is 2.94. The van der Waals surface area contributed by atoms with Crippen molar-refractivity contribution in [1.29, 1.82) is 0 Å². The van der Waals surface area contributed by atoms with Crippen molar-refractivity contribution in [3.8, 4) is 5.69 Å². The van der Waals surface area contributed by atoms with Crippen LogP contribution < -0.4 is 22.1 Å². The van der Waals surface area contributed by atoms with Gasteiger partial charge in [0.2, 0.25) is 0 Å². The summed E-state index contributed by atoms with van der Waals surface area (Å²) < 4.78 is 4.27. The van der Waals surface area contributed by atoms with Crippen LogP contribution in [0.3, 0.4) is 0 Å². The summed E-state index contributed by atoms with van der Waals surface area (Å²) in [5.41, 5.74) is -0.0386. The van der Waals surface area contributed by atoms with Gasteiger partial charge in [-0.15, -0.1) is 0 Å².